The molecule has 11 heteroatoms. The van der Waals surface area contributed by atoms with Crippen LogP contribution in [0.3, 0.4) is 0 Å². The molecular weight excluding hydrogens is 567 g/mol. The number of furan rings is 1. The number of methoxy groups -OCH3 is 2. The Kier molecular flexibility index (Phi) is 7.75. The van der Waals surface area contributed by atoms with Crippen LogP contribution in [-0.4, -0.2) is 42.6 Å². The van der Waals surface area contributed by atoms with E-state index in [4.69, 9.17) is 23.6 Å². The molecule has 1 amide bonds. The van der Waals surface area contributed by atoms with Gasteiger partial charge in [-0.15, -0.1) is 0 Å². The summed E-state index contributed by atoms with van der Waals surface area (Å²) < 4.78 is 37.1. The van der Waals surface area contributed by atoms with Crippen LogP contribution in [0.5, 0.6) is 17.2 Å². The van der Waals surface area contributed by atoms with Crippen LogP contribution in [0.25, 0.3) is 33.5 Å². The quantitative estimate of drug-likeness (QED) is 0.209. The van der Waals surface area contributed by atoms with E-state index in [1.165, 1.54) is 49.4 Å². The Hall–Kier alpha value is -5.97. The lowest BCUT2D eigenvalue weighted by Crippen LogP contribution is -2.20. The first kappa shape index (κ1) is 28.2. The van der Waals surface area contributed by atoms with Gasteiger partial charge in [-0.3, -0.25) is 9.59 Å². The van der Waals surface area contributed by atoms with Crippen LogP contribution in [0.2, 0.25) is 0 Å². The monoisotopic (exact) mass is 592 g/mol. The summed E-state index contributed by atoms with van der Waals surface area (Å²) in [5.74, 6) is 0.450. The van der Waals surface area contributed by atoms with E-state index in [9.17, 15) is 14.0 Å². The minimum Gasteiger partial charge on any atom is -0.493 e. The minimum absolute atomic E-state index is 0.189. The van der Waals surface area contributed by atoms with Crippen molar-refractivity contribution < 1.29 is 27.8 Å². The summed E-state index contributed by atoms with van der Waals surface area (Å²) in [5.41, 5.74) is 1.71. The van der Waals surface area contributed by atoms with Crippen molar-refractivity contribution in [3.8, 4) is 28.8 Å². The molecule has 0 aliphatic carbocycles. The molecular formula is C33H25FN4O6. The number of carbonyl (C=O) groups excluding carboxylic acids is 1. The van der Waals surface area contributed by atoms with Crippen LogP contribution in [0.4, 0.5) is 10.1 Å². The highest BCUT2D eigenvalue weighted by Gasteiger charge is 2.18. The number of amides is 1. The van der Waals surface area contributed by atoms with Crippen molar-refractivity contribution in [2.24, 2.45) is 5.10 Å². The van der Waals surface area contributed by atoms with E-state index in [1.807, 2.05) is 30.3 Å². The fourth-order valence-corrected chi connectivity index (χ4v) is 4.59. The van der Waals surface area contributed by atoms with Gasteiger partial charge in [0.1, 0.15) is 11.4 Å². The molecule has 0 fully saturated rings. The van der Waals surface area contributed by atoms with Gasteiger partial charge >= 0.3 is 0 Å². The van der Waals surface area contributed by atoms with Crippen molar-refractivity contribution in [1.29, 1.82) is 0 Å². The summed E-state index contributed by atoms with van der Waals surface area (Å²) in [5, 5.41) is 8.37. The highest BCUT2D eigenvalue weighted by atomic mass is 19.1. The minimum atomic E-state index is -0.465. The Morgan fingerprint density at radius 1 is 0.977 bits per heavy atom. The first-order valence-electron chi connectivity index (χ1n) is 13.4. The van der Waals surface area contributed by atoms with E-state index in [2.05, 4.69) is 10.4 Å². The molecule has 0 spiro atoms. The fraction of sp³-hybridized carbons (Fsp3) is 0.0909. The van der Waals surface area contributed by atoms with Gasteiger partial charge in [0.05, 0.1) is 31.3 Å². The average molecular weight is 593 g/mol. The molecule has 6 rings (SSSR count). The van der Waals surface area contributed by atoms with E-state index < -0.39 is 11.7 Å². The molecule has 0 aliphatic rings. The number of carbonyl (C=O) groups is 1. The summed E-state index contributed by atoms with van der Waals surface area (Å²) in [6.07, 6.45) is 1.46. The van der Waals surface area contributed by atoms with Gasteiger partial charge in [0.2, 0.25) is 11.6 Å². The number of aromatic nitrogens is 2. The van der Waals surface area contributed by atoms with Crippen molar-refractivity contribution in [2.45, 2.75) is 0 Å². The number of nitrogens with zero attached hydrogens (tertiary/aromatic N) is 3. The van der Waals surface area contributed by atoms with Crippen molar-refractivity contribution in [1.82, 2.24) is 9.66 Å². The molecule has 220 valence electrons. The van der Waals surface area contributed by atoms with Gasteiger partial charge in [-0.2, -0.15) is 9.78 Å². The number of ether oxygens (including phenoxy) is 3. The van der Waals surface area contributed by atoms with E-state index >= 15 is 0 Å². The number of para-hydroxylation sites is 2. The lowest BCUT2D eigenvalue weighted by atomic mass is 10.2. The largest absolute Gasteiger partial charge is 0.493 e. The third-order valence-corrected chi connectivity index (χ3v) is 6.68. The summed E-state index contributed by atoms with van der Waals surface area (Å²) >= 11 is 0. The summed E-state index contributed by atoms with van der Waals surface area (Å²) in [7, 11) is 2.89. The maximum absolute atomic E-state index is 13.6. The number of hydrogen-bond donors (Lipinski definition) is 1. The molecule has 0 saturated carbocycles. The van der Waals surface area contributed by atoms with Crippen LogP contribution in [-0.2, 0) is 4.79 Å². The number of nitrogens with one attached hydrogen (secondary N) is 1. The second-order valence-corrected chi connectivity index (χ2v) is 9.56. The molecule has 0 radical (unpaired) electrons. The molecule has 2 heterocycles. The van der Waals surface area contributed by atoms with E-state index in [1.54, 1.807) is 36.4 Å². The SMILES string of the molecule is COc1cc(C=Nn2c(-c3cc4ccccc4o3)nc3ccccc3c2=O)cc(OC)c1OCC(=O)Nc1ccc(F)cc1. The topological polar surface area (TPSA) is 117 Å². The Morgan fingerprint density at radius 3 is 2.41 bits per heavy atom. The van der Waals surface area contributed by atoms with Crippen LogP contribution in [0.1, 0.15) is 5.56 Å². The molecule has 0 unspecified atom stereocenters. The highest BCUT2D eigenvalue weighted by molar-refractivity contribution is 5.92. The van der Waals surface area contributed by atoms with Gasteiger partial charge in [0, 0.05) is 16.6 Å². The van der Waals surface area contributed by atoms with Crippen molar-refractivity contribution in [3.05, 3.63) is 113 Å². The van der Waals surface area contributed by atoms with E-state index in [0.29, 0.717) is 33.5 Å². The Morgan fingerprint density at radius 2 is 1.68 bits per heavy atom. The number of hydrogen-bond acceptors (Lipinski definition) is 8. The predicted molar refractivity (Wildman–Crippen MR) is 164 cm³/mol. The van der Waals surface area contributed by atoms with Gasteiger partial charge in [-0.25, -0.2) is 9.37 Å². The molecule has 0 saturated heterocycles. The lowest BCUT2D eigenvalue weighted by molar-refractivity contribution is -0.118. The lowest BCUT2D eigenvalue weighted by Gasteiger charge is -2.15. The van der Waals surface area contributed by atoms with Crippen LogP contribution < -0.4 is 25.1 Å². The van der Waals surface area contributed by atoms with Gasteiger partial charge in [0.25, 0.3) is 11.5 Å². The average Bonchev–Trinajstić information content (AvgIpc) is 3.48. The van der Waals surface area contributed by atoms with E-state index in [0.717, 1.165) is 5.39 Å². The summed E-state index contributed by atoms with van der Waals surface area (Å²) in [6, 6.07) is 24.9. The maximum atomic E-state index is 13.6. The number of rotatable bonds is 9. The summed E-state index contributed by atoms with van der Waals surface area (Å²) in [6.45, 7) is -0.365. The zero-order valence-electron chi connectivity index (χ0n) is 23.6. The Bertz CT molecular complexity index is 2030. The molecule has 0 atom stereocenters. The number of fused-ring (bicyclic) bond motifs is 2. The second-order valence-electron chi connectivity index (χ2n) is 9.56. The number of benzene rings is 4. The van der Waals surface area contributed by atoms with Crippen molar-refractivity contribution in [3.63, 3.8) is 0 Å². The molecule has 10 nitrogen and oxygen atoms in total. The smallest absolute Gasteiger partial charge is 0.282 e. The third kappa shape index (κ3) is 5.71. The van der Waals surface area contributed by atoms with Crippen molar-refractivity contribution in [2.75, 3.05) is 26.1 Å². The number of anilines is 1. The van der Waals surface area contributed by atoms with Gasteiger partial charge in [-0.05, 0) is 60.7 Å². The maximum Gasteiger partial charge on any atom is 0.282 e. The van der Waals surface area contributed by atoms with Gasteiger partial charge in [0.15, 0.2) is 23.9 Å². The standard InChI is InChI=1S/C33H25FN4O6/c1-41-27-15-20(16-28(42-2)31(27)43-19-30(39)36-23-13-11-22(34)12-14-23)18-35-38-32(29-17-21-7-3-6-10-26(21)44-29)37-25-9-5-4-8-24(25)33(38)40/h3-18H,19H2,1-2H3,(H,36,39). The first-order valence-corrected chi connectivity index (χ1v) is 13.4. The molecule has 4 aromatic carbocycles. The predicted octanol–water partition coefficient (Wildman–Crippen LogP) is 5.87. The molecule has 6 aromatic rings. The highest BCUT2D eigenvalue weighted by Crippen LogP contribution is 2.38. The van der Waals surface area contributed by atoms with Crippen LogP contribution >= 0.6 is 0 Å². The van der Waals surface area contributed by atoms with Gasteiger partial charge in [-0.1, -0.05) is 30.3 Å². The first-order chi connectivity index (χ1) is 21.4. The van der Waals surface area contributed by atoms with Crippen LogP contribution in [0, 0.1) is 5.82 Å². The van der Waals surface area contributed by atoms with Crippen LogP contribution in [0.15, 0.2) is 105 Å². The third-order valence-electron chi connectivity index (χ3n) is 6.68. The summed E-state index contributed by atoms with van der Waals surface area (Å²) in [4.78, 5) is 30.7. The zero-order chi connectivity index (χ0) is 30.6. The van der Waals surface area contributed by atoms with Crippen molar-refractivity contribution >= 4 is 39.7 Å². The Labute approximate surface area is 249 Å². The van der Waals surface area contributed by atoms with E-state index in [-0.39, 0.29) is 35.2 Å². The molecule has 1 N–H and O–H groups in total. The zero-order valence-corrected chi connectivity index (χ0v) is 23.6. The number of halogens is 1. The molecule has 44 heavy (non-hydrogen) atoms. The second kappa shape index (κ2) is 12.1. The normalized spacial score (nSPS) is 11.2. The molecule has 0 bridgehead atoms. The Balaban J connectivity index is 1.33. The fourth-order valence-electron chi connectivity index (χ4n) is 4.59. The molecule has 2 aromatic heterocycles. The van der Waals surface area contributed by atoms with Gasteiger partial charge < -0.3 is 23.9 Å². The molecule has 0 aliphatic heterocycles.